The van der Waals surface area contributed by atoms with Gasteiger partial charge in [-0.2, -0.15) is 0 Å². The van der Waals surface area contributed by atoms with Crippen LogP contribution in [0.5, 0.6) is 5.88 Å². The molecule has 7 nitrogen and oxygen atoms in total. The fourth-order valence-corrected chi connectivity index (χ4v) is 2.25. The first-order chi connectivity index (χ1) is 12.6. The summed E-state index contributed by atoms with van der Waals surface area (Å²) >= 11 is 0. The van der Waals surface area contributed by atoms with Gasteiger partial charge in [0.05, 0.1) is 12.2 Å². The molecular weight excluding hydrogens is 341 g/mol. The van der Waals surface area contributed by atoms with Crippen molar-refractivity contribution in [1.82, 2.24) is 15.4 Å². The van der Waals surface area contributed by atoms with Crippen molar-refractivity contribution < 1.29 is 23.2 Å². The summed E-state index contributed by atoms with van der Waals surface area (Å²) in [6.45, 7) is 3.87. The summed E-state index contributed by atoms with van der Waals surface area (Å²) in [5, 5.41) is 11.6. The zero-order chi connectivity index (χ0) is 18.5. The van der Waals surface area contributed by atoms with Gasteiger partial charge in [-0.25, -0.2) is 9.18 Å². The molecule has 2 aromatic heterocycles. The predicted octanol–water partition coefficient (Wildman–Crippen LogP) is 3.33. The highest BCUT2D eigenvalue weighted by atomic mass is 19.1. The first kappa shape index (κ1) is 17.5. The number of carbonyl (C=O) groups is 1. The summed E-state index contributed by atoms with van der Waals surface area (Å²) < 4.78 is 28.8. The first-order valence-electron chi connectivity index (χ1n) is 7.93. The molecule has 0 aliphatic rings. The number of aromatic nitrogens is 3. The number of benzene rings is 1. The van der Waals surface area contributed by atoms with E-state index in [1.165, 1.54) is 24.3 Å². The van der Waals surface area contributed by atoms with Gasteiger partial charge in [0, 0.05) is 11.6 Å². The van der Waals surface area contributed by atoms with Crippen LogP contribution in [0.4, 0.5) is 4.39 Å². The van der Waals surface area contributed by atoms with Gasteiger partial charge < -0.3 is 14.0 Å². The largest absolute Gasteiger partial charge is 0.472 e. The fourth-order valence-electron chi connectivity index (χ4n) is 2.25. The lowest BCUT2D eigenvalue weighted by Crippen LogP contribution is -2.08. The Morgan fingerprint density at radius 3 is 2.58 bits per heavy atom. The molecule has 8 heteroatoms. The molecule has 3 rings (SSSR count). The molecule has 0 unspecified atom stereocenters. The van der Waals surface area contributed by atoms with E-state index in [-0.39, 0.29) is 30.6 Å². The average molecular weight is 357 g/mol. The molecular formula is C18H16FN3O4. The van der Waals surface area contributed by atoms with E-state index >= 15 is 0 Å². The van der Waals surface area contributed by atoms with Crippen LogP contribution in [-0.2, 0) is 11.3 Å². The van der Waals surface area contributed by atoms with Crippen molar-refractivity contribution in [1.29, 1.82) is 0 Å². The van der Waals surface area contributed by atoms with Gasteiger partial charge >= 0.3 is 5.97 Å². The molecule has 0 amide bonds. The van der Waals surface area contributed by atoms with Crippen LogP contribution in [-0.4, -0.2) is 27.9 Å². The first-order valence-corrected chi connectivity index (χ1v) is 7.93. The Morgan fingerprint density at radius 1 is 1.15 bits per heavy atom. The van der Waals surface area contributed by atoms with Crippen LogP contribution in [0.3, 0.4) is 0 Å². The summed E-state index contributed by atoms with van der Waals surface area (Å²) in [4.78, 5) is 11.6. The lowest BCUT2D eigenvalue weighted by atomic mass is 10.1. The van der Waals surface area contributed by atoms with Gasteiger partial charge in [0.2, 0.25) is 5.88 Å². The lowest BCUT2D eigenvalue weighted by Gasteiger charge is -2.06. The number of hydrogen-bond donors (Lipinski definition) is 0. The van der Waals surface area contributed by atoms with E-state index in [0.29, 0.717) is 22.6 Å². The Labute approximate surface area is 148 Å². The van der Waals surface area contributed by atoms with Gasteiger partial charge in [0.25, 0.3) is 0 Å². The second kappa shape index (κ2) is 7.73. The number of aryl methyl sites for hydroxylation is 1. The summed E-state index contributed by atoms with van der Waals surface area (Å²) in [5.74, 6) is -0.0483. The second-order valence-corrected chi connectivity index (χ2v) is 5.34. The molecule has 3 aromatic rings. The standard InChI is InChI=1S/C18H16FN3O4/c1-3-24-18(23)15-8-9-16(21-20-15)25-10-14-11(2)26-22-17(14)12-4-6-13(19)7-5-12/h4-9H,3,10H2,1-2H3. The lowest BCUT2D eigenvalue weighted by molar-refractivity contribution is 0.0517. The van der Waals surface area contributed by atoms with Gasteiger partial charge in [-0.05, 0) is 44.2 Å². The molecule has 0 fully saturated rings. The summed E-state index contributed by atoms with van der Waals surface area (Å²) in [6, 6.07) is 8.93. The van der Waals surface area contributed by atoms with Gasteiger partial charge in [-0.1, -0.05) is 5.16 Å². The number of carbonyl (C=O) groups excluding carboxylic acids is 1. The molecule has 134 valence electrons. The van der Waals surface area contributed by atoms with E-state index in [2.05, 4.69) is 15.4 Å². The Hall–Kier alpha value is -3.29. The van der Waals surface area contributed by atoms with Gasteiger partial charge in [0.1, 0.15) is 23.9 Å². The molecule has 0 aliphatic heterocycles. The van der Waals surface area contributed by atoms with Crippen LogP contribution in [0.25, 0.3) is 11.3 Å². The minimum Gasteiger partial charge on any atom is -0.472 e. The molecule has 0 bridgehead atoms. The van der Waals surface area contributed by atoms with Crippen molar-refractivity contribution in [2.75, 3.05) is 6.61 Å². The van der Waals surface area contributed by atoms with Crippen molar-refractivity contribution in [3.63, 3.8) is 0 Å². The molecule has 0 N–H and O–H groups in total. The molecule has 1 aromatic carbocycles. The molecule has 0 atom stereocenters. The minimum absolute atomic E-state index is 0.104. The average Bonchev–Trinajstić information content (AvgIpc) is 3.02. The van der Waals surface area contributed by atoms with Crippen LogP contribution < -0.4 is 4.74 Å². The zero-order valence-electron chi connectivity index (χ0n) is 14.2. The number of hydrogen-bond acceptors (Lipinski definition) is 7. The Bertz CT molecular complexity index is 892. The third-order valence-corrected chi connectivity index (χ3v) is 3.59. The van der Waals surface area contributed by atoms with Crippen LogP contribution in [0, 0.1) is 12.7 Å². The van der Waals surface area contributed by atoms with E-state index in [1.54, 1.807) is 26.0 Å². The number of nitrogens with zero attached hydrogens (tertiary/aromatic N) is 3. The smallest absolute Gasteiger partial charge is 0.358 e. The van der Waals surface area contributed by atoms with Crippen molar-refractivity contribution >= 4 is 5.97 Å². The maximum absolute atomic E-state index is 13.1. The molecule has 0 saturated carbocycles. The molecule has 0 spiro atoms. The molecule has 0 saturated heterocycles. The number of halogens is 1. The van der Waals surface area contributed by atoms with Crippen LogP contribution >= 0.6 is 0 Å². The third-order valence-electron chi connectivity index (χ3n) is 3.59. The molecule has 0 radical (unpaired) electrons. The van der Waals surface area contributed by atoms with Gasteiger partial charge in [-0.15, -0.1) is 10.2 Å². The van der Waals surface area contributed by atoms with E-state index in [0.717, 1.165) is 0 Å². The fraction of sp³-hybridized carbons (Fsp3) is 0.222. The zero-order valence-corrected chi connectivity index (χ0v) is 14.2. The van der Waals surface area contributed by atoms with Crippen molar-refractivity contribution in [2.45, 2.75) is 20.5 Å². The highest BCUT2D eigenvalue weighted by Crippen LogP contribution is 2.26. The maximum atomic E-state index is 13.1. The summed E-state index contributed by atoms with van der Waals surface area (Å²) in [7, 11) is 0. The van der Waals surface area contributed by atoms with Crippen LogP contribution in [0.15, 0.2) is 40.9 Å². The maximum Gasteiger partial charge on any atom is 0.358 e. The van der Waals surface area contributed by atoms with E-state index in [9.17, 15) is 9.18 Å². The normalized spacial score (nSPS) is 10.6. The second-order valence-electron chi connectivity index (χ2n) is 5.34. The summed E-state index contributed by atoms with van der Waals surface area (Å²) in [5.41, 5.74) is 2.10. The minimum atomic E-state index is -0.542. The Morgan fingerprint density at radius 2 is 1.92 bits per heavy atom. The molecule has 0 aliphatic carbocycles. The van der Waals surface area contributed by atoms with Gasteiger partial charge in [-0.3, -0.25) is 0 Å². The topological polar surface area (TPSA) is 87.3 Å². The van der Waals surface area contributed by atoms with E-state index < -0.39 is 5.97 Å². The predicted molar refractivity (Wildman–Crippen MR) is 89.0 cm³/mol. The highest BCUT2D eigenvalue weighted by Gasteiger charge is 2.16. The van der Waals surface area contributed by atoms with Crippen molar-refractivity contribution in [3.8, 4) is 17.1 Å². The van der Waals surface area contributed by atoms with Crippen LogP contribution in [0.1, 0.15) is 28.7 Å². The summed E-state index contributed by atoms with van der Waals surface area (Å²) in [6.07, 6.45) is 0. The Balaban J connectivity index is 1.73. The third kappa shape index (κ3) is 3.85. The highest BCUT2D eigenvalue weighted by molar-refractivity contribution is 5.86. The molecule has 2 heterocycles. The van der Waals surface area contributed by atoms with Crippen LogP contribution in [0.2, 0.25) is 0 Å². The number of ether oxygens (including phenoxy) is 2. The van der Waals surface area contributed by atoms with Crippen molar-refractivity contribution in [2.24, 2.45) is 0 Å². The number of rotatable bonds is 6. The van der Waals surface area contributed by atoms with Crippen molar-refractivity contribution in [3.05, 3.63) is 59.2 Å². The van der Waals surface area contributed by atoms with E-state index in [1.807, 2.05) is 0 Å². The van der Waals surface area contributed by atoms with Gasteiger partial charge in [0.15, 0.2) is 5.69 Å². The SMILES string of the molecule is CCOC(=O)c1ccc(OCc2c(-c3ccc(F)cc3)noc2C)nn1. The number of esters is 1. The van der Waals surface area contributed by atoms with E-state index in [4.69, 9.17) is 14.0 Å². The Kier molecular flexibility index (Phi) is 5.21. The molecule has 26 heavy (non-hydrogen) atoms. The quantitative estimate of drug-likeness (QED) is 0.625. The monoisotopic (exact) mass is 357 g/mol.